The summed E-state index contributed by atoms with van der Waals surface area (Å²) in [6.07, 6.45) is 0. The predicted octanol–water partition coefficient (Wildman–Crippen LogP) is 18.7. The van der Waals surface area contributed by atoms with Gasteiger partial charge in [-0.15, -0.1) is 0 Å². The second-order valence-corrected chi connectivity index (χ2v) is 28.5. The average molecular weight is 1100 g/mol. The van der Waals surface area contributed by atoms with Gasteiger partial charge in [-0.2, -0.15) is 0 Å². The van der Waals surface area contributed by atoms with Gasteiger partial charge in [-0.1, -0.05) is 199 Å². The lowest BCUT2D eigenvalue weighted by Gasteiger charge is -2.45. The maximum atomic E-state index is 6.56. The van der Waals surface area contributed by atoms with Gasteiger partial charge in [-0.3, -0.25) is 0 Å². The largest absolute Gasteiger partial charge is 0.486 e. The molecule has 5 aliphatic rings. The van der Waals surface area contributed by atoms with E-state index in [1.54, 1.807) is 0 Å². The van der Waals surface area contributed by atoms with Crippen LogP contribution in [0.25, 0.3) is 33.0 Å². The molecule has 0 N–H and O–H groups in total. The predicted molar refractivity (Wildman–Crippen MR) is 355 cm³/mol. The molecule has 5 nitrogen and oxygen atoms in total. The summed E-state index contributed by atoms with van der Waals surface area (Å²) >= 11 is 0. The zero-order chi connectivity index (χ0) is 58.1. The second-order valence-electron chi connectivity index (χ2n) is 28.5. The van der Waals surface area contributed by atoms with Crippen molar-refractivity contribution in [2.45, 2.75) is 117 Å². The van der Waals surface area contributed by atoms with Crippen LogP contribution >= 0.6 is 0 Å². The minimum absolute atomic E-state index is 0.0208. The summed E-state index contributed by atoms with van der Waals surface area (Å²) in [5, 5.41) is 2.57. The third-order valence-corrected chi connectivity index (χ3v) is 19.5. The Bertz CT molecular complexity index is 4400. The first-order valence-corrected chi connectivity index (χ1v) is 30.3. The van der Waals surface area contributed by atoms with E-state index in [0.29, 0.717) is 13.2 Å². The molecule has 0 atom stereocenters. The molecular formula is C78H74BN3O2. The Morgan fingerprint density at radius 2 is 0.917 bits per heavy atom. The molecule has 6 heteroatoms. The van der Waals surface area contributed by atoms with Crippen LogP contribution in [0.15, 0.2) is 188 Å². The van der Waals surface area contributed by atoms with Crippen molar-refractivity contribution in [3.05, 3.63) is 227 Å². The zero-order valence-corrected chi connectivity index (χ0v) is 51.0. The summed E-state index contributed by atoms with van der Waals surface area (Å²) in [6.45, 7) is 31.3. The van der Waals surface area contributed by atoms with Crippen molar-refractivity contribution < 1.29 is 9.47 Å². The fourth-order valence-electron chi connectivity index (χ4n) is 14.8. The highest BCUT2D eigenvalue weighted by atomic mass is 16.6. The van der Waals surface area contributed by atoms with Crippen LogP contribution in [0.1, 0.15) is 129 Å². The lowest BCUT2D eigenvalue weighted by molar-refractivity contribution is 0.172. The van der Waals surface area contributed by atoms with Crippen molar-refractivity contribution in [2.24, 2.45) is 0 Å². The molecule has 10 aromatic carbocycles. The maximum absolute atomic E-state index is 6.56. The van der Waals surface area contributed by atoms with Crippen LogP contribution in [0.2, 0.25) is 0 Å². The second kappa shape index (κ2) is 18.0. The molecule has 10 aromatic rings. The van der Waals surface area contributed by atoms with E-state index in [1.165, 1.54) is 94.0 Å². The van der Waals surface area contributed by atoms with E-state index in [1.807, 2.05) is 0 Å². The third kappa shape index (κ3) is 7.81. The molecule has 416 valence electrons. The van der Waals surface area contributed by atoms with Crippen molar-refractivity contribution in [3.63, 3.8) is 0 Å². The van der Waals surface area contributed by atoms with Gasteiger partial charge in [0.25, 0.3) is 6.71 Å². The van der Waals surface area contributed by atoms with Crippen LogP contribution < -0.4 is 40.6 Å². The van der Waals surface area contributed by atoms with Crippen molar-refractivity contribution in [3.8, 4) is 33.8 Å². The number of rotatable bonds is 5. The lowest BCUT2D eigenvalue weighted by Crippen LogP contribution is -2.61. The third-order valence-electron chi connectivity index (χ3n) is 19.5. The minimum atomic E-state index is -0.261. The summed E-state index contributed by atoms with van der Waals surface area (Å²) < 4.78 is 13.1. The van der Waals surface area contributed by atoms with Crippen LogP contribution in [0.4, 0.5) is 51.2 Å². The number of fused-ring (bicyclic) bond motifs is 13. The maximum Gasteiger partial charge on any atom is 0.252 e. The molecule has 0 bridgehead atoms. The number of hydrogen-bond acceptors (Lipinski definition) is 5. The van der Waals surface area contributed by atoms with E-state index < -0.39 is 0 Å². The zero-order valence-electron chi connectivity index (χ0n) is 51.0. The van der Waals surface area contributed by atoms with E-state index in [2.05, 4.69) is 293 Å². The SMILES string of the molecule is CC(C)(C)c1ccc(N2c3ccc(C(C)(C)C)cc3B3c4cc5c(cc4N(c4ccc(C(C)(C)C)cc4)c4cc(N(c6ccc7c(c6)C(C)(C)c6ccccc6-7)c6ccc7c(c6)C(C)(C)c6ccc8ccccc8c6-7)cc2c43)OCCO5)cc1. The van der Waals surface area contributed by atoms with Crippen molar-refractivity contribution in [2.75, 3.05) is 27.9 Å². The molecule has 0 spiro atoms. The first-order valence-electron chi connectivity index (χ1n) is 30.3. The number of nitrogens with zero attached hydrogens (tertiary/aromatic N) is 3. The molecule has 84 heavy (non-hydrogen) atoms. The van der Waals surface area contributed by atoms with Gasteiger partial charge in [0.1, 0.15) is 13.2 Å². The van der Waals surface area contributed by atoms with Crippen molar-refractivity contribution >= 4 is 85.1 Å². The van der Waals surface area contributed by atoms with Gasteiger partial charge in [-0.05, 0) is 177 Å². The summed E-state index contributed by atoms with van der Waals surface area (Å²) in [4.78, 5) is 7.68. The molecule has 0 saturated carbocycles. The average Bonchev–Trinajstić information content (AvgIpc) is 0.806. The van der Waals surface area contributed by atoms with Gasteiger partial charge in [0.15, 0.2) is 11.5 Å². The summed E-state index contributed by atoms with van der Waals surface area (Å²) in [5.74, 6) is 1.56. The van der Waals surface area contributed by atoms with E-state index in [0.717, 1.165) is 57.0 Å². The number of ether oxygens (including phenoxy) is 2. The standard InChI is InChI=1S/C78H74BN3O2/c1-74(2,3)48-23-28-51(29-24-48)81-66-37-27-50(76(7,8)9)40-64(66)79-65-45-70-71(84-39-38-83-70)46-67(65)82(52-30-25-49(26-31-52)75(4,5)6)69-44-55(43-68(81)73(69)79)80(53-32-34-58-57-20-16-17-21-60(57)77(10,11)62(58)41-53)54-33-35-59-63(42-54)78(12,13)61-36-22-47-18-14-15-19-56(47)72(59)61/h14-37,40-46H,38-39H2,1-13H3. The molecule has 0 fully saturated rings. The first-order chi connectivity index (χ1) is 40.1. The number of anilines is 9. The fourth-order valence-corrected chi connectivity index (χ4v) is 14.8. The quantitative estimate of drug-likeness (QED) is 0.160. The van der Waals surface area contributed by atoms with Crippen LogP contribution in [-0.2, 0) is 27.1 Å². The number of benzene rings is 10. The molecule has 0 saturated heterocycles. The fraction of sp³-hybridized carbons (Fsp3) is 0.256. The Hall–Kier alpha value is -8.48. The Labute approximate surface area is 497 Å². The van der Waals surface area contributed by atoms with Crippen molar-refractivity contribution in [1.82, 2.24) is 0 Å². The van der Waals surface area contributed by atoms with Gasteiger partial charge in [0.05, 0.1) is 5.69 Å². The highest BCUT2D eigenvalue weighted by molar-refractivity contribution is 7.00. The van der Waals surface area contributed by atoms with Gasteiger partial charge >= 0.3 is 0 Å². The van der Waals surface area contributed by atoms with Crippen molar-refractivity contribution in [1.29, 1.82) is 0 Å². The van der Waals surface area contributed by atoms with Crippen LogP contribution in [0.3, 0.4) is 0 Å². The lowest BCUT2D eigenvalue weighted by atomic mass is 9.33. The molecule has 2 aliphatic carbocycles. The minimum Gasteiger partial charge on any atom is -0.486 e. The van der Waals surface area contributed by atoms with E-state index in [-0.39, 0.29) is 33.8 Å². The molecule has 0 unspecified atom stereocenters. The smallest absolute Gasteiger partial charge is 0.252 e. The number of hydrogen-bond donors (Lipinski definition) is 0. The highest BCUT2D eigenvalue weighted by Crippen LogP contribution is 2.56. The van der Waals surface area contributed by atoms with Gasteiger partial charge < -0.3 is 24.2 Å². The first kappa shape index (κ1) is 52.3. The van der Waals surface area contributed by atoms with Crippen LogP contribution in [0.5, 0.6) is 11.5 Å². The normalized spacial score (nSPS) is 15.7. The van der Waals surface area contributed by atoms with E-state index in [9.17, 15) is 0 Å². The Morgan fingerprint density at radius 3 is 1.55 bits per heavy atom. The van der Waals surface area contributed by atoms with Gasteiger partial charge in [0, 0.05) is 62.4 Å². The molecule has 0 radical (unpaired) electrons. The summed E-state index contributed by atoms with van der Waals surface area (Å²) in [5.41, 5.74) is 27.6. The molecule has 0 amide bonds. The Kier molecular flexibility index (Phi) is 11.2. The topological polar surface area (TPSA) is 28.2 Å². The monoisotopic (exact) mass is 1100 g/mol. The van der Waals surface area contributed by atoms with Gasteiger partial charge in [0.2, 0.25) is 0 Å². The molecule has 15 rings (SSSR count). The highest BCUT2D eigenvalue weighted by Gasteiger charge is 2.46. The Balaban J connectivity index is 1.05. The molecular weight excluding hydrogens is 1020 g/mol. The van der Waals surface area contributed by atoms with Crippen LogP contribution in [-0.4, -0.2) is 19.9 Å². The van der Waals surface area contributed by atoms with E-state index in [4.69, 9.17) is 9.47 Å². The molecule has 3 heterocycles. The molecule has 3 aliphatic heterocycles. The van der Waals surface area contributed by atoms with Gasteiger partial charge in [-0.25, -0.2) is 0 Å². The molecule has 0 aromatic heterocycles. The Morgan fingerprint density at radius 1 is 0.405 bits per heavy atom. The summed E-state index contributed by atoms with van der Waals surface area (Å²) in [7, 11) is 0. The summed E-state index contributed by atoms with van der Waals surface area (Å²) in [6, 6.07) is 72.7. The van der Waals surface area contributed by atoms with E-state index >= 15 is 0 Å². The van der Waals surface area contributed by atoms with Crippen LogP contribution in [0, 0.1) is 0 Å².